The molecule has 2 aliphatic rings. The van der Waals surface area contributed by atoms with E-state index in [-0.39, 0.29) is 18.8 Å². The van der Waals surface area contributed by atoms with E-state index >= 15 is 0 Å². The fourth-order valence-electron chi connectivity index (χ4n) is 5.66. The average molecular weight is 521 g/mol. The predicted octanol–water partition coefficient (Wildman–Crippen LogP) is 5.16. The molecule has 196 valence electrons. The van der Waals surface area contributed by atoms with Crippen molar-refractivity contribution < 1.29 is 19.7 Å². The van der Waals surface area contributed by atoms with Crippen molar-refractivity contribution in [3.05, 3.63) is 98.8 Å². The summed E-state index contributed by atoms with van der Waals surface area (Å²) in [7, 11) is 0. The van der Waals surface area contributed by atoms with E-state index in [1.165, 1.54) is 0 Å². The van der Waals surface area contributed by atoms with Crippen LogP contribution in [0.4, 0.5) is 0 Å². The highest BCUT2D eigenvalue weighted by molar-refractivity contribution is 6.10. The highest BCUT2D eigenvalue weighted by Crippen LogP contribution is 2.40. The molecule has 1 unspecified atom stereocenters. The Balaban J connectivity index is 0.00000135. The van der Waals surface area contributed by atoms with Crippen molar-refractivity contribution in [3.8, 4) is 22.5 Å². The molecule has 0 saturated carbocycles. The van der Waals surface area contributed by atoms with Crippen LogP contribution in [-0.4, -0.2) is 25.7 Å². The summed E-state index contributed by atoms with van der Waals surface area (Å²) in [4.78, 5) is 30.2. The summed E-state index contributed by atoms with van der Waals surface area (Å²) in [6.07, 6.45) is -1.47. The number of rotatable bonds is 2. The molecule has 4 heterocycles. The minimum Gasteiger partial charge on any atom is -0.458 e. The number of aliphatic hydroxyl groups excluding tert-OH is 2. The molecule has 7 heteroatoms. The summed E-state index contributed by atoms with van der Waals surface area (Å²) in [5.41, 5.74) is 7.47. The quantitative estimate of drug-likeness (QED) is 0.242. The number of hydrogen-bond acceptors (Lipinski definition) is 6. The molecule has 39 heavy (non-hydrogen) atoms. The maximum absolute atomic E-state index is 13.3. The number of carbonyl (C=O) groups is 1. The lowest BCUT2D eigenvalue weighted by atomic mass is 9.94. The number of ether oxygens (including phenoxy) is 1. The predicted molar refractivity (Wildman–Crippen MR) is 150 cm³/mol. The second-order valence-corrected chi connectivity index (χ2v) is 9.68. The third kappa shape index (κ3) is 3.77. The molecule has 7 nitrogen and oxygen atoms in total. The monoisotopic (exact) mass is 520 g/mol. The van der Waals surface area contributed by atoms with Gasteiger partial charge in [-0.15, -0.1) is 0 Å². The Morgan fingerprint density at radius 3 is 2.44 bits per heavy atom. The fraction of sp³-hybridized carbons (Fsp3) is 0.219. The first-order valence-corrected chi connectivity index (χ1v) is 13.1. The lowest BCUT2D eigenvalue weighted by Crippen LogP contribution is -2.32. The van der Waals surface area contributed by atoms with E-state index in [4.69, 9.17) is 9.72 Å². The van der Waals surface area contributed by atoms with Crippen molar-refractivity contribution in [2.45, 2.75) is 46.6 Å². The summed E-state index contributed by atoms with van der Waals surface area (Å²) in [5, 5.41) is 22.9. The number of carbonyl (C=O) groups excluding carboxylic acids is 1. The molecule has 0 spiro atoms. The Morgan fingerprint density at radius 1 is 0.974 bits per heavy atom. The Hall–Kier alpha value is -4.33. The summed E-state index contributed by atoms with van der Waals surface area (Å²) < 4.78 is 6.66. The van der Waals surface area contributed by atoms with E-state index in [9.17, 15) is 19.8 Å². The highest BCUT2D eigenvalue weighted by Gasteiger charge is 2.34. The molecule has 1 atom stereocenters. The number of pyridine rings is 2. The molecule has 0 saturated heterocycles. The second-order valence-electron chi connectivity index (χ2n) is 9.68. The first kappa shape index (κ1) is 25.0. The van der Waals surface area contributed by atoms with Crippen LogP contribution in [0, 0.1) is 6.92 Å². The van der Waals surface area contributed by atoms with Crippen LogP contribution >= 0.6 is 0 Å². The number of aliphatic hydroxyl groups is 2. The van der Waals surface area contributed by atoms with E-state index in [1.807, 2.05) is 50.2 Å². The number of hydrogen-bond donors (Lipinski definition) is 2. The minimum atomic E-state index is -1.47. The van der Waals surface area contributed by atoms with E-state index in [2.05, 4.69) is 25.1 Å². The molecule has 0 fully saturated rings. The summed E-state index contributed by atoms with van der Waals surface area (Å²) in [5.74, 6) is -0.744. The van der Waals surface area contributed by atoms with Crippen LogP contribution in [0.1, 0.15) is 47.8 Å². The van der Waals surface area contributed by atoms with E-state index in [0.717, 1.165) is 49.5 Å². The Kier molecular flexibility index (Phi) is 6.05. The van der Waals surface area contributed by atoms with E-state index < -0.39 is 12.1 Å². The fourth-order valence-corrected chi connectivity index (χ4v) is 5.66. The summed E-state index contributed by atoms with van der Waals surface area (Å²) >= 11 is 0. The smallest absolute Gasteiger partial charge is 0.340 e. The zero-order chi connectivity index (χ0) is 27.4. The van der Waals surface area contributed by atoms with Gasteiger partial charge < -0.3 is 19.5 Å². The van der Waals surface area contributed by atoms with Gasteiger partial charge in [0.25, 0.3) is 5.56 Å². The molecular formula is C32H28N2O5. The van der Waals surface area contributed by atoms with Gasteiger partial charge in [0.15, 0.2) is 6.10 Å². The van der Waals surface area contributed by atoms with Gasteiger partial charge in [-0.1, -0.05) is 56.3 Å². The average Bonchev–Trinajstić information content (AvgIpc) is 3.35. The van der Waals surface area contributed by atoms with Crippen LogP contribution in [0.25, 0.3) is 44.2 Å². The number of aryl methyl sites for hydroxylation is 1. The Labute approximate surface area is 224 Å². The molecule has 0 aliphatic carbocycles. The number of esters is 1. The zero-order valence-corrected chi connectivity index (χ0v) is 22.0. The van der Waals surface area contributed by atoms with Gasteiger partial charge in [0.05, 0.1) is 35.6 Å². The topological polar surface area (TPSA) is 102 Å². The van der Waals surface area contributed by atoms with Crippen LogP contribution in [0.2, 0.25) is 0 Å². The molecular weight excluding hydrogens is 492 g/mol. The third-order valence-corrected chi connectivity index (χ3v) is 7.69. The number of nitrogens with zero attached hydrogens (tertiary/aromatic N) is 2. The Morgan fingerprint density at radius 2 is 1.69 bits per heavy atom. The van der Waals surface area contributed by atoms with E-state index in [1.54, 1.807) is 10.6 Å². The maximum atomic E-state index is 13.3. The highest BCUT2D eigenvalue weighted by atomic mass is 16.5. The standard InChI is InChI=1S/C30H22N2O5.C2H6/c1-15-22-12-32-25(11-21-23(29(32)35)14-37-30(36)28(21)34)27(22)31-24-9-8-18-6-7-19(10-20(18)26(15)24)17-4-2-16(13-33)3-5-17;1-2/h2-11,28,33-34H,12-14H2,1H3;1-2H3. The molecule has 2 aliphatic heterocycles. The first-order chi connectivity index (χ1) is 18.9. The van der Waals surface area contributed by atoms with Gasteiger partial charge in [-0.05, 0) is 58.1 Å². The molecule has 2 aromatic heterocycles. The molecule has 0 bridgehead atoms. The lowest BCUT2D eigenvalue weighted by Gasteiger charge is -2.21. The van der Waals surface area contributed by atoms with Crippen molar-refractivity contribution in [1.82, 2.24) is 9.55 Å². The van der Waals surface area contributed by atoms with Gasteiger partial charge >= 0.3 is 5.97 Å². The van der Waals surface area contributed by atoms with Gasteiger partial charge in [0, 0.05) is 16.5 Å². The Bertz CT molecular complexity index is 1850. The van der Waals surface area contributed by atoms with Gasteiger partial charge in [0.2, 0.25) is 0 Å². The van der Waals surface area contributed by atoms with Crippen LogP contribution in [0.15, 0.2) is 65.5 Å². The third-order valence-electron chi connectivity index (χ3n) is 7.69. The molecule has 2 N–H and O–H groups in total. The zero-order valence-electron chi connectivity index (χ0n) is 22.0. The van der Waals surface area contributed by atoms with Crippen molar-refractivity contribution in [1.29, 1.82) is 0 Å². The SMILES string of the molecule is CC.Cc1c2c(nc3ccc4ccc(-c5ccc(CO)cc5)cc4c13)-c1cc3c(c(=O)n1C2)COC(=O)C3O. The van der Waals surface area contributed by atoms with Crippen LogP contribution in [0.3, 0.4) is 0 Å². The van der Waals surface area contributed by atoms with Gasteiger partial charge in [-0.3, -0.25) is 4.79 Å². The summed E-state index contributed by atoms with van der Waals surface area (Å²) in [6, 6.07) is 20.0. The number of fused-ring (bicyclic) bond motifs is 7. The minimum absolute atomic E-state index is 0.00929. The van der Waals surface area contributed by atoms with Gasteiger partial charge in [-0.2, -0.15) is 0 Å². The van der Waals surface area contributed by atoms with Crippen LogP contribution in [-0.2, 0) is 29.3 Å². The lowest BCUT2D eigenvalue weighted by molar-refractivity contribution is -0.157. The van der Waals surface area contributed by atoms with Crippen molar-refractivity contribution in [2.24, 2.45) is 0 Å². The largest absolute Gasteiger partial charge is 0.458 e. The summed E-state index contributed by atoms with van der Waals surface area (Å²) in [6.45, 7) is 6.30. The normalized spacial score (nSPS) is 15.3. The molecule has 7 rings (SSSR count). The van der Waals surface area contributed by atoms with Gasteiger partial charge in [-0.25, -0.2) is 9.78 Å². The number of benzene rings is 3. The first-order valence-electron chi connectivity index (χ1n) is 13.1. The van der Waals surface area contributed by atoms with E-state index in [0.29, 0.717) is 29.1 Å². The van der Waals surface area contributed by atoms with Crippen LogP contribution < -0.4 is 5.56 Å². The van der Waals surface area contributed by atoms with Crippen molar-refractivity contribution >= 4 is 27.6 Å². The van der Waals surface area contributed by atoms with Crippen molar-refractivity contribution in [3.63, 3.8) is 0 Å². The molecule has 0 amide bonds. The molecule has 0 radical (unpaired) electrons. The number of aromatic nitrogens is 2. The maximum Gasteiger partial charge on any atom is 0.340 e. The molecule has 5 aromatic rings. The number of cyclic esters (lactones) is 1. The second kappa shape index (κ2) is 9.45. The van der Waals surface area contributed by atoms with Crippen molar-refractivity contribution in [2.75, 3.05) is 0 Å². The van der Waals surface area contributed by atoms with Crippen LogP contribution in [0.5, 0.6) is 0 Å². The molecule has 3 aromatic carbocycles. The van der Waals surface area contributed by atoms with Gasteiger partial charge in [0.1, 0.15) is 6.61 Å².